The minimum Gasteiger partial charge on any atom is -0.380 e. The van der Waals surface area contributed by atoms with Crippen molar-refractivity contribution in [2.45, 2.75) is 13.0 Å². The highest BCUT2D eigenvalue weighted by Crippen LogP contribution is 2.13. The van der Waals surface area contributed by atoms with Gasteiger partial charge >= 0.3 is 0 Å². The van der Waals surface area contributed by atoms with E-state index in [4.69, 9.17) is 5.73 Å². The largest absolute Gasteiger partial charge is 0.380 e. The van der Waals surface area contributed by atoms with E-state index in [2.05, 4.69) is 10.3 Å². The van der Waals surface area contributed by atoms with E-state index in [1.807, 2.05) is 36.0 Å². The molecule has 2 aromatic rings. The average molecular weight is 247 g/mol. The second kappa shape index (κ2) is 5.45. The second-order valence-electron chi connectivity index (χ2n) is 3.66. The Labute approximate surface area is 103 Å². The Balaban J connectivity index is 1.91. The summed E-state index contributed by atoms with van der Waals surface area (Å²) >= 11 is 1.62. The lowest BCUT2D eigenvalue weighted by atomic mass is 10.1. The summed E-state index contributed by atoms with van der Waals surface area (Å²) in [5.41, 5.74) is 8.89. The summed E-state index contributed by atoms with van der Waals surface area (Å²) in [7, 11) is 0. The summed E-state index contributed by atoms with van der Waals surface area (Å²) in [4.78, 5) is 15.9. The van der Waals surface area contributed by atoms with Crippen LogP contribution in [-0.4, -0.2) is 10.9 Å². The summed E-state index contributed by atoms with van der Waals surface area (Å²) in [6.45, 7) is 0.764. The van der Waals surface area contributed by atoms with Crippen molar-refractivity contribution in [3.63, 3.8) is 0 Å². The van der Waals surface area contributed by atoms with Crippen LogP contribution < -0.4 is 11.1 Å². The van der Waals surface area contributed by atoms with Crippen molar-refractivity contribution in [3.05, 3.63) is 46.4 Å². The molecule has 0 saturated heterocycles. The van der Waals surface area contributed by atoms with E-state index in [9.17, 15) is 4.79 Å². The summed E-state index contributed by atoms with van der Waals surface area (Å²) in [5, 5.41) is 3.28. The zero-order chi connectivity index (χ0) is 12.1. The van der Waals surface area contributed by atoms with Gasteiger partial charge in [0.2, 0.25) is 5.91 Å². The predicted molar refractivity (Wildman–Crippen MR) is 68.8 cm³/mol. The molecular weight excluding hydrogens is 234 g/mol. The van der Waals surface area contributed by atoms with Gasteiger partial charge in [-0.05, 0) is 17.7 Å². The fourth-order valence-corrected chi connectivity index (χ4v) is 1.99. The number of hydrogen-bond donors (Lipinski definition) is 2. The van der Waals surface area contributed by atoms with Gasteiger partial charge in [-0.2, -0.15) is 0 Å². The van der Waals surface area contributed by atoms with E-state index in [1.54, 1.807) is 11.3 Å². The minimum atomic E-state index is -0.310. The number of primary amides is 1. The third-order valence-corrected chi connectivity index (χ3v) is 3.06. The number of carbonyl (C=O) groups is 1. The normalized spacial score (nSPS) is 10.1. The third kappa shape index (κ3) is 3.57. The van der Waals surface area contributed by atoms with Crippen LogP contribution in [0.5, 0.6) is 0 Å². The maximum atomic E-state index is 10.7. The molecule has 5 heteroatoms. The third-order valence-electron chi connectivity index (χ3n) is 2.28. The maximum Gasteiger partial charge on any atom is 0.221 e. The molecule has 0 unspecified atom stereocenters. The maximum absolute atomic E-state index is 10.7. The Morgan fingerprint density at radius 1 is 1.35 bits per heavy atom. The van der Waals surface area contributed by atoms with Crippen LogP contribution in [0.1, 0.15) is 10.4 Å². The van der Waals surface area contributed by atoms with Crippen molar-refractivity contribution < 1.29 is 4.79 Å². The van der Waals surface area contributed by atoms with E-state index in [0.29, 0.717) is 0 Å². The van der Waals surface area contributed by atoms with E-state index >= 15 is 0 Å². The van der Waals surface area contributed by atoms with Gasteiger partial charge < -0.3 is 11.1 Å². The average Bonchev–Trinajstić information content (AvgIpc) is 2.80. The van der Waals surface area contributed by atoms with E-state index in [-0.39, 0.29) is 12.3 Å². The van der Waals surface area contributed by atoms with Crippen LogP contribution in [0.25, 0.3) is 0 Å². The summed E-state index contributed by atoms with van der Waals surface area (Å²) < 4.78 is 0. The molecule has 4 nitrogen and oxygen atoms in total. The topological polar surface area (TPSA) is 68.0 Å². The number of aromatic nitrogens is 1. The summed E-state index contributed by atoms with van der Waals surface area (Å²) in [6.07, 6.45) is 2.13. The molecule has 1 heterocycles. The van der Waals surface area contributed by atoms with Gasteiger partial charge in [0.15, 0.2) is 0 Å². The molecule has 1 aromatic heterocycles. The monoisotopic (exact) mass is 247 g/mol. The number of nitrogens with one attached hydrogen (secondary N) is 1. The number of amides is 1. The van der Waals surface area contributed by atoms with Gasteiger partial charge in [0.05, 0.1) is 18.5 Å². The lowest BCUT2D eigenvalue weighted by molar-refractivity contribution is -0.117. The zero-order valence-corrected chi connectivity index (χ0v) is 10.0. The molecule has 0 radical (unpaired) electrons. The Kier molecular flexibility index (Phi) is 3.72. The van der Waals surface area contributed by atoms with Gasteiger partial charge in [0.25, 0.3) is 0 Å². The first kappa shape index (κ1) is 11.6. The van der Waals surface area contributed by atoms with Gasteiger partial charge in [0.1, 0.15) is 0 Å². The number of carbonyl (C=O) groups excluding carboxylic acids is 1. The number of anilines is 1. The number of benzene rings is 1. The van der Waals surface area contributed by atoms with Gasteiger partial charge in [-0.25, -0.2) is 0 Å². The fourth-order valence-electron chi connectivity index (χ4n) is 1.46. The van der Waals surface area contributed by atoms with Gasteiger partial charge in [-0.1, -0.05) is 12.1 Å². The molecule has 1 amide bonds. The quantitative estimate of drug-likeness (QED) is 0.846. The highest BCUT2D eigenvalue weighted by molar-refractivity contribution is 7.09. The Bertz CT molecular complexity index is 479. The molecule has 0 spiro atoms. The predicted octanol–water partition coefficient (Wildman–Crippen LogP) is 1.78. The molecule has 0 fully saturated rings. The lowest BCUT2D eigenvalue weighted by Crippen LogP contribution is -2.13. The van der Waals surface area contributed by atoms with E-state index in [0.717, 1.165) is 17.8 Å². The van der Waals surface area contributed by atoms with Crippen molar-refractivity contribution in [1.29, 1.82) is 0 Å². The van der Waals surface area contributed by atoms with Gasteiger partial charge in [0, 0.05) is 16.8 Å². The summed E-state index contributed by atoms with van der Waals surface area (Å²) in [5.74, 6) is -0.310. The van der Waals surface area contributed by atoms with Crippen LogP contribution in [0, 0.1) is 0 Å². The SMILES string of the molecule is NC(=O)Cc1ccc(NCc2cncs2)cc1. The molecule has 0 bridgehead atoms. The van der Waals surface area contributed by atoms with Crippen LogP contribution in [-0.2, 0) is 17.8 Å². The highest BCUT2D eigenvalue weighted by atomic mass is 32.1. The number of rotatable bonds is 5. The van der Waals surface area contributed by atoms with Gasteiger partial charge in [-0.3, -0.25) is 9.78 Å². The van der Waals surface area contributed by atoms with Crippen molar-refractivity contribution in [3.8, 4) is 0 Å². The molecule has 1 aromatic carbocycles. The fraction of sp³-hybridized carbons (Fsp3) is 0.167. The molecule has 0 aliphatic heterocycles. The van der Waals surface area contributed by atoms with E-state index in [1.165, 1.54) is 4.88 Å². The van der Waals surface area contributed by atoms with Crippen LogP contribution in [0.15, 0.2) is 36.0 Å². The minimum absolute atomic E-state index is 0.287. The summed E-state index contributed by atoms with van der Waals surface area (Å²) in [6, 6.07) is 7.69. The first-order valence-electron chi connectivity index (χ1n) is 5.22. The van der Waals surface area contributed by atoms with Gasteiger partial charge in [-0.15, -0.1) is 11.3 Å². The Hall–Kier alpha value is -1.88. The smallest absolute Gasteiger partial charge is 0.221 e. The number of nitrogens with zero attached hydrogens (tertiary/aromatic N) is 1. The second-order valence-corrected chi connectivity index (χ2v) is 4.63. The van der Waals surface area contributed by atoms with Crippen molar-refractivity contribution in [2.24, 2.45) is 5.73 Å². The van der Waals surface area contributed by atoms with Crippen LogP contribution in [0.4, 0.5) is 5.69 Å². The number of nitrogens with two attached hydrogens (primary N) is 1. The van der Waals surface area contributed by atoms with Crippen molar-refractivity contribution in [1.82, 2.24) is 4.98 Å². The molecular formula is C12H13N3OS. The number of thiazole rings is 1. The molecule has 0 saturated carbocycles. The van der Waals surface area contributed by atoms with Crippen LogP contribution in [0.2, 0.25) is 0 Å². The first-order valence-corrected chi connectivity index (χ1v) is 6.10. The molecule has 2 rings (SSSR count). The first-order chi connectivity index (χ1) is 8.24. The standard InChI is InChI=1S/C12H13N3OS/c13-12(16)5-9-1-3-10(4-2-9)15-7-11-6-14-8-17-11/h1-4,6,8,15H,5,7H2,(H2,13,16). The zero-order valence-electron chi connectivity index (χ0n) is 9.22. The van der Waals surface area contributed by atoms with Crippen LogP contribution >= 0.6 is 11.3 Å². The van der Waals surface area contributed by atoms with Crippen LogP contribution in [0.3, 0.4) is 0 Å². The Morgan fingerprint density at radius 3 is 2.71 bits per heavy atom. The molecule has 17 heavy (non-hydrogen) atoms. The molecule has 0 atom stereocenters. The Morgan fingerprint density at radius 2 is 2.12 bits per heavy atom. The van der Waals surface area contributed by atoms with E-state index < -0.39 is 0 Å². The molecule has 0 aliphatic rings. The molecule has 0 aliphatic carbocycles. The van der Waals surface area contributed by atoms with Crippen molar-refractivity contribution >= 4 is 22.9 Å². The van der Waals surface area contributed by atoms with Crippen molar-refractivity contribution in [2.75, 3.05) is 5.32 Å². The lowest BCUT2D eigenvalue weighted by Gasteiger charge is -2.05. The molecule has 3 N–H and O–H groups in total. The number of hydrogen-bond acceptors (Lipinski definition) is 4. The molecule has 88 valence electrons. The highest BCUT2D eigenvalue weighted by Gasteiger charge is 1.99.